The topological polar surface area (TPSA) is 43.6 Å². The van der Waals surface area contributed by atoms with Crippen LogP contribution in [0.25, 0.3) is 83.9 Å². The SMILES string of the molecule is Cc1ccc(-c2ccc3c4ccccc4n(-c4cc(-c5ccccc5F)ccc4-c4nc(-c5ccccc5)nc(-c5ccccc5)n4)c3c2)c(C)c1. The highest BCUT2D eigenvalue weighted by molar-refractivity contribution is 6.11. The maximum atomic E-state index is 15.4. The number of aromatic nitrogens is 4. The molecule has 0 spiro atoms. The maximum absolute atomic E-state index is 15.4. The fraction of sp³-hybridized carbons (Fsp3) is 0.0426. The number of para-hydroxylation sites is 1. The van der Waals surface area contributed by atoms with Crippen LogP contribution in [-0.2, 0) is 0 Å². The molecule has 5 heteroatoms. The normalized spacial score (nSPS) is 11.4. The van der Waals surface area contributed by atoms with E-state index in [1.807, 2.05) is 84.9 Å². The largest absolute Gasteiger partial charge is 0.308 e. The van der Waals surface area contributed by atoms with E-state index in [0.717, 1.165) is 55.3 Å². The average Bonchev–Trinajstić information content (AvgIpc) is 3.52. The number of nitrogens with zero attached hydrogens (tertiary/aromatic N) is 4. The lowest BCUT2D eigenvalue weighted by Gasteiger charge is -2.17. The van der Waals surface area contributed by atoms with Gasteiger partial charge in [-0.15, -0.1) is 0 Å². The van der Waals surface area contributed by atoms with Gasteiger partial charge >= 0.3 is 0 Å². The highest BCUT2D eigenvalue weighted by atomic mass is 19.1. The maximum Gasteiger partial charge on any atom is 0.166 e. The smallest absolute Gasteiger partial charge is 0.166 e. The molecule has 0 atom stereocenters. The van der Waals surface area contributed by atoms with Crippen molar-refractivity contribution in [1.29, 1.82) is 0 Å². The zero-order chi connectivity index (χ0) is 35.2. The first-order valence-corrected chi connectivity index (χ1v) is 17.4. The Labute approximate surface area is 301 Å². The molecule has 248 valence electrons. The zero-order valence-electron chi connectivity index (χ0n) is 28.8. The molecule has 0 fully saturated rings. The van der Waals surface area contributed by atoms with Gasteiger partial charge < -0.3 is 4.57 Å². The Morgan fingerprint density at radius 3 is 1.71 bits per heavy atom. The molecule has 0 N–H and O–H groups in total. The molecule has 0 radical (unpaired) electrons. The van der Waals surface area contributed by atoms with E-state index in [1.165, 1.54) is 22.8 Å². The lowest BCUT2D eigenvalue weighted by atomic mass is 9.97. The van der Waals surface area contributed by atoms with E-state index in [9.17, 15) is 0 Å². The molecule has 0 aliphatic heterocycles. The highest BCUT2D eigenvalue weighted by Crippen LogP contribution is 2.40. The first kappa shape index (κ1) is 31.3. The molecule has 0 aliphatic carbocycles. The Morgan fingerprint density at radius 1 is 0.423 bits per heavy atom. The molecule has 0 saturated heterocycles. The first-order chi connectivity index (χ1) is 25.5. The van der Waals surface area contributed by atoms with Crippen molar-refractivity contribution in [2.75, 3.05) is 0 Å². The number of halogens is 1. The van der Waals surface area contributed by atoms with Gasteiger partial charge in [0.05, 0.1) is 16.7 Å². The monoisotopic (exact) mass is 672 g/mol. The van der Waals surface area contributed by atoms with E-state index in [2.05, 4.69) is 85.1 Å². The van der Waals surface area contributed by atoms with Gasteiger partial charge in [0.15, 0.2) is 17.5 Å². The summed E-state index contributed by atoms with van der Waals surface area (Å²) in [5, 5.41) is 2.24. The fourth-order valence-corrected chi connectivity index (χ4v) is 7.23. The minimum Gasteiger partial charge on any atom is -0.308 e. The Bertz CT molecular complexity index is 2710. The highest BCUT2D eigenvalue weighted by Gasteiger charge is 2.21. The van der Waals surface area contributed by atoms with Crippen LogP contribution in [0.3, 0.4) is 0 Å². The third-order valence-corrected chi connectivity index (χ3v) is 9.73. The van der Waals surface area contributed by atoms with Crippen molar-refractivity contribution in [1.82, 2.24) is 19.5 Å². The number of benzene rings is 7. The van der Waals surface area contributed by atoms with E-state index >= 15 is 4.39 Å². The van der Waals surface area contributed by atoms with Gasteiger partial charge in [0.25, 0.3) is 0 Å². The van der Waals surface area contributed by atoms with Crippen LogP contribution in [0.1, 0.15) is 11.1 Å². The van der Waals surface area contributed by atoms with Gasteiger partial charge in [0, 0.05) is 33.0 Å². The average molecular weight is 673 g/mol. The lowest BCUT2D eigenvalue weighted by molar-refractivity contribution is 0.631. The summed E-state index contributed by atoms with van der Waals surface area (Å²) in [5.74, 6) is 1.40. The van der Waals surface area contributed by atoms with Gasteiger partial charge in [0.1, 0.15) is 5.82 Å². The molecule has 0 bridgehead atoms. The van der Waals surface area contributed by atoms with Crippen molar-refractivity contribution in [2.45, 2.75) is 13.8 Å². The fourth-order valence-electron chi connectivity index (χ4n) is 7.23. The van der Waals surface area contributed by atoms with Crippen LogP contribution in [0, 0.1) is 19.7 Å². The molecule has 0 amide bonds. The number of hydrogen-bond donors (Lipinski definition) is 0. The standard InChI is InChI=1S/C47H33FN4/c1-30-21-24-36(31(2)27-30)34-22-25-39-38-18-10-12-20-42(38)52(43(39)28-34)44-29-35(37-17-9-11-19-41(37)48)23-26-40(44)47-50-45(32-13-5-3-6-14-32)49-46(51-47)33-15-7-4-8-16-33/h3-29H,1-2H3. The summed E-state index contributed by atoms with van der Waals surface area (Å²) in [6.07, 6.45) is 0. The summed E-state index contributed by atoms with van der Waals surface area (Å²) in [6.45, 7) is 4.28. The molecule has 2 heterocycles. The Hall–Kier alpha value is -6.72. The zero-order valence-corrected chi connectivity index (χ0v) is 28.8. The molecule has 2 aromatic heterocycles. The van der Waals surface area contributed by atoms with Crippen molar-refractivity contribution >= 4 is 21.8 Å². The molecule has 0 unspecified atom stereocenters. The van der Waals surface area contributed by atoms with Gasteiger partial charge in [0.2, 0.25) is 0 Å². The van der Waals surface area contributed by atoms with E-state index in [-0.39, 0.29) is 5.82 Å². The second-order valence-corrected chi connectivity index (χ2v) is 13.2. The van der Waals surface area contributed by atoms with Crippen molar-refractivity contribution in [3.63, 3.8) is 0 Å². The third-order valence-electron chi connectivity index (χ3n) is 9.73. The summed E-state index contributed by atoms with van der Waals surface area (Å²) in [4.78, 5) is 15.2. The Balaban J connectivity index is 1.37. The van der Waals surface area contributed by atoms with Crippen LogP contribution in [0.15, 0.2) is 164 Å². The number of fused-ring (bicyclic) bond motifs is 3. The Morgan fingerprint density at radius 2 is 1.00 bits per heavy atom. The Kier molecular flexibility index (Phi) is 7.74. The van der Waals surface area contributed by atoms with E-state index < -0.39 is 0 Å². The quantitative estimate of drug-likeness (QED) is 0.177. The van der Waals surface area contributed by atoms with Gasteiger partial charge in [-0.25, -0.2) is 19.3 Å². The van der Waals surface area contributed by atoms with Crippen molar-refractivity contribution < 1.29 is 4.39 Å². The molecule has 9 aromatic rings. The minimum absolute atomic E-state index is 0.279. The molecule has 9 rings (SSSR count). The van der Waals surface area contributed by atoms with E-state index in [4.69, 9.17) is 15.0 Å². The molecular formula is C47H33FN4. The van der Waals surface area contributed by atoms with Crippen molar-refractivity contribution in [3.05, 3.63) is 181 Å². The van der Waals surface area contributed by atoms with Crippen LogP contribution in [0.2, 0.25) is 0 Å². The summed E-state index contributed by atoms with van der Waals surface area (Å²) in [5.41, 5.74) is 11.5. The first-order valence-electron chi connectivity index (χ1n) is 17.4. The van der Waals surface area contributed by atoms with Crippen LogP contribution in [0.5, 0.6) is 0 Å². The van der Waals surface area contributed by atoms with Gasteiger partial charge in [-0.05, 0) is 66.4 Å². The van der Waals surface area contributed by atoms with Crippen LogP contribution in [-0.4, -0.2) is 19.5 Å². The molecule has 0 saturated carbocycles. The molecular weight excluding hydrogens is 640 g/mol. The van der Waals surface area contributed by atoms with Gasteiger partial charge in [-0.3, -0.25) is 0 Å². The second kappa shape index (κ2) is 12.9. The summed E-state index contributed by atoms with van der Waals surface area (Å²) in [7, 11) is 0. The van der Waals surface area contributed by atoms with Gasteiger partial charge in [-0.1, -0.05) is 139 Å². The summed E-state index contributed by atoms with van der Waals surface area (Å²) < 4.78 is 17.7. The number of rotatable bonds is 6. The number of aryl methyl sites for hydroxylation is 2. The van der Waals surface area contributed by atoms with Crippen molar-refractivity contribution in [2.24, 2.45) is 0 Å². The lowest BCUT2D eigenvalue weighted by Crippen LogP contribution is -2.04. The minimum atomic E-state index is -0.279. The number of hydrogen-bond acceptors (Lipinski definition) is 3. The van der Waals surface area contributed by atoms with E-state index in [1.54, 1.807) is 6.07 Å². The molecule has 0 aliphatic rings. The van der Waals surface area contributed by atoms with E-state index in [0.29, 0.717) is 23.0 Å². The van der Waals surface area contributed by atoms with Crippen LogP contribution >= 0.6 is 0 Å². The summed E-state index contributed by atoms with van der Waals surface area (Å²) >= 11 is 0. The molecule has 4 nitrogen and oxygen atoms in total. The van der Waals surface area contributed by atoms with Gasteiger partial charge in [-0.2, -0.15) is 0 Å². The molecule has 7 aromatic carbocycles. The predicted octanol–water partition coefficient (Wildman–Crippen LogP) is 12.1. The second-order valence-electron chi connectivity index (χ2n) is 13.2. The van der Waals surface area contributed by atoms with Crippen LogP contribution in [0.4, 0.5) is 4.39 Å². The van der Waals surface area contributed by atoms with Crippen molar-refractivity contribution in [3.8, 4) is 62.1 Å². The predicted molar refractivity (Wildman–Crippen MR) is 211 cm³/mol. The molecule has 52 heavy (non-hydrogen) atoms. The third kappa shape index (κ3) is 5.53. The summed E-state index contributed by atoms with van der Waals surface area (Å²) in [6, 6.07) is 54.6. The van der Waals surface area contributed by atoms with Crippen LogP contribution < -0.4 is 0 Å².